The van der Waals surface area contributed by atoms with Gasteiger partial charge in [0.1, 0.15) is 5.82 Å². The molecule has 0 spiro atoms. The molecule has 0 aromatic heterocycles. The first-order valence-corrected chi connectivity index (χ1v) is 8.76. The second-order valence-electron chi connectivity index (χ2n) is 6.90. The highest BCUT2D eigenvalue weighted by Crippen LogP contribution is 2.29. The predicted molar refractivity (Wildman–Crippen MR) is 86.0 cm³/mol. The van der Waals surface area contributed by atoms with Crippen LogP contribution in [0.5, 0.6) is 0 Å². The van der Waals surface area contributed by atoms with Gasteiger partial charge in [0.05, 0.1) is 0 Å². The van der Waals surface area contributed by atoms with Crippen LogP contribution in [0.25, 0.3) is 0 Å². The Labute approximate surface area is 132 Å². The van der Waals surface area contributed by atoms with Crippen LogP contribution in [-0.2, 0) is 11.2 Å². The average Bonchev–Trinajstić information content (AvgIpc) is 3.08. The molecule has 0 radical (unpaired) electrons. The zero-order chi connectivity index (χ0) is 15.4. The average molecular weight is 303 g/mol. The summed E-state index contributed by atoms with van der Waals surface area (Å²) in [6.07, 6.45) is 8.61. The van der Waals surface area contributed by atoms with Crippen molar-refractivity contribution in [1.82, 2.24) is 4.90 Å². The summed E-state index contributed by atoms with van der Waals surface area (Å²) in [6.45, 7) is 1.80. The number of carbonyl (C=O) groups is 1. The van der Waals surface area contributed by atoms with Crippen molar-refractivity contribution < 1.29 is 9.18 Å². The van der Waals surface area contributed by atoms with E-state index >= 15 is 0 Å². The number of hydrogen-bond donors (Lipinski definition) is 0. The Morgan fingerprint density at radius 1 is 1.14 bits per heavy atom. The van der Waals surface area contributed by atoms with E-state index in [0.29, 0.717) is 11.8 Å². The van der Waals surface area contributed by atoms with E-state index in [1.165, 1.54) is 25.3 Å². The third kappa shape index (κ3) is 3.68. The molecule has 120 valence electrons. The van der Waals surface area contributed by atoms with Crippen molar-refractivity contribution in [2.45, 2.75) is 51.4 Å². The molecule has 1 amide bonds. The number of amides is 1. The molecular formula is C19H26FNO. The fourth-order valence-electron chi connectivity index (χ4n) is 3.99. The van der Waals surface area contributed by atoms with Crippen LogP contribution < -0.4 is 0 Å². The molecule has 1 aliphatic heterocycles. The number of rotatable bonds is 4. The zero-order valence-electron chi connectivity index (χ0n) is 13.3. The van der Waals surface area contributed by atoms with Crippen molar-refractivity contribution in [1.29, 1.82) is 0 Å². The van der Waals surface area contributed by atoms with E-state index in [1.807, 2.05) is 12.1 Å². The molecule has 0 N–H and O–H groups in total. The maximum Gasteiger partial charge on any atom is 0.225 e. The molecule has 1 heterocycles. The van der Waals surface area contributed by atoms with Gasteiger partial charge in [-0.3, -0.25) is 4.79 Å². The molecule has 1 aromatic carbocycles. The van der Waals surface area contributed by atoms with Crippen LogP contribution in [0.3, 0.4) is 0 Å². The highest BCUT2D eigenvalue weighted by molar-refractivity contribution is 5.79. The number of benzene rings is 1. The lowest BCUT2D eigenvalue weighted by Crippen LogP contribution is -2.42. The topological polar surface area (TPSA) is 20.3 Å². The highest BCUT2D eigenvalue weighted by Gasteiger charge is 2.30. The molecule has 2 nitrogen and oxygen atoms in total. The fourth-order valence-corrected chi connectivity index (χ4v) is 3.99. The minimum absolute atomic E-state index is 0.0998. The molecule has 3 rings (SSSR count). The van der Waals surface area contributed by atoms with Gasteiger partial charge >= 0.3 is 0 Å². The van der Waals surface area contributed by atoms with E-state index in [2.05, 4.69) is 4.90 Å². The van der Waals surface area contributed by atoms with E-state index < -0.39 is 0 Å². The lowest BCUT2D eigenvalue weighted by atomic mass is 9.90. The Balaban J connectivity index is 1.52. The molecule has 1 atom stereocenters. The number of carbonyl (C=O) groups excluding carboxylic acids is 1. The largest absolute Gasteiger partial charge is 0.342 e. The molecular weight excluding hydrogens is 277 g/mol. The second-order valence-corrected chi connectivity index (χ2v) is 6.90. The summed E-state index contributed by atoms with van der Waals surface area (Å²) in [6, 6.07) is 7.04. The SMILES string of the molecule is O=C(C1CCCC1)N1CCCC(CCc2ccccc2F)C1. The lowest BCUT2D eigenvalue weighted by Gasteiger charge is -2.34. The summed E-state index contributed by atoms with van der Waals surface area (Å²) in [5.74, 6) is 1.09. The Hall–Kier alpha value is -1.38. The monoisotopic (exact) mass is 303 g/mol. The number of likely N-dealkylation sites (tertiary alicyclic amines) is 1. The standard InChI is InChI=1S/C19H26FNO/c20-18-10-4-3-7-16(18)12-11-15-6-5-13-21(14-15)19(22)17-8-1-2-9-17/h3-4,7,10,15,17H,1-2,5-6,8-9,11-14H2. The number of halogens is 1. The van der Waals surface area contributed by atoms with Gasteiger partial charge in [0.25, 0.3) is 0 Å². The van der Waals surface area contributed by atoms with Gasteiger partial charge in [-0.15, -0.1) is 0 Å². The van der Waals surface area contributed by atoms with Crippen LogP contribution in [-0.4, -0.2) is 23.9 Å². The van der Waals surface area contributed by atoms with Crippen LogP contribution in [0, 0.1) is 17.7 Å². The van der Waals surface area contributed by atoms with Crippen molar-refractivity contribution in [3.63, 3.8) is 0 Å². The lowest BCUT2D eigenvalue weighted by molar-refractivity contribution is -0.137. The van der Waals surface area contributed by atoms with Crippen molar-refractivity contribution in [2.24, 2.45) is 11.8 Å². The number of piperidine rings is 1. The third-order valence-electron chi connectivity index (χ3n) is 5.31. The minimum atomic E-state index is -0.0998. The summed E-state index contributed by atoms with van der Waals surface area (Å²) in [5, 5.41) is 0. The Morgan fingerprint density at radius 2 is 1.91 bits per heavy atom. The summed E-state index contributed by atoms with van der Waals surface area (Å²) in [7, 11) is 0. The predicted octanol–water partition coefficient (Wildman–Crippen LogP) is 4.19. The van der Waals surface area contributed by atoms with E-state index in [9.17, 15) is 9.18 Å². The first-order valence-electron chi connectivity index (χ1n) is 8.76. The maximum atomic E-state index is 13.7. The minimum Gasteiger partial charge on any atom is -0.342 e. The van der Waals surface area contributed by atoms with E-state index in [-0.39, 0.29) is 11.7 Å². The smallest absolute Gasteiger partial charge is 0.225 e. The van der Waals surface area contributed by atoms with Gasteiger partial charge in [-0.05, 0) is 56.1 Å². The highest BCUT2D eigenvalue weighted by atomic mass is 19.1. The van der Waals surface area contributed by atoms with Crippen molar-refractivity contribution >= 4 is 5.91 Å². The quantitative estimate of drug-likeness (QED) is 0.817. The summed E-state index contributed by atoms with van der Waals surface area (Å²) in [5.41, 5.74) is 0.807. The Morgan fingerprint density at radius 3 is 2.68 bits per heavy atom. The molecule has 3 heteroatoms. The molecule has 2 fully saturated rings. The van der Waals surface area contributed by atoms with E-state index in [4.69, 9.17) is 0 Å². The van der Waals surface area contributed by atoms with Crippen LogP contribution in [0.15, 0.2) is 24.3 Å². The first kappa shape index (κ1) is 15.5. The van der Waals surface area contributed by atoms with Crippen LogP contribution in [0.4, 0.5) is 4.39 Å². The van der Waals surface area contributed by atoms with Gasteiger partial charge in [0.2, 0.25) is 5.91 Å². The molecule has 1 saturated heterocycles. The molecule has 2 aliphatic rings. The number of hydrogen-bond acceptors (Lipinski definition) is 1. The molecule has 1 aromatic rings. The molecule has 1 unspecified atom stereocenters. The van der Waals surface area contributed by atoms with Gasteiger partial charge in [-0.25, -0.2) is 4.39 Å². The van der Waals surface area contributed by atoms with Crippen molar-refractivity contribution in [2.75, 3.05) is 13.1 Å². The summed E-state index contributed by atoms with van der Waals surface area (Å²) >= 11 is 0. The summed E-state index contributed by atoms with van der Waals surface area (Å²) < 4.78 is 13.7. The fraction of sp³-hybridized carbons (Fsp3) is 0.632. The van der Waals surface area contributed by atoms with Crippen LogP contribution in [0.1, 0.15) is 50.5 Å². The molecule has 22 heavy (non-hydrogen) atoms. The van der Waals surface area contributed by atoms with Crippen molar-refractivity contribution in [3.8, 4) is 0 Å². The second kappa shape index (κ2) is 7.26. The maximum absolute atomic E-state index is 13.7. The molecule has 1 saturated carbocycles. The van der Waals surface area contributed by atoms with Gasteiger partial charge in [0.15, 0.2) is 0 Å². The third-order valence-corrected chi connectivity index (χ3v) is 5.31. The number of aryl methyl sites for hydroxylation is 1. The van der Waals surface area contributed by atoms with Gasteiger partial charge < -0.3 is 4.90 Å². The van der Waals surface area contributed by atoms with Gasteiger partial charge in [0, 0.05) is 19.0 Å². The van der Waals surface area contributed by atoms with Crippen LogP contribution in [0.2, 0.25) is 0 Å². The Kier molecular flexibility index (Phi) is 5.12. The van der Waals surface area contributed by atoms with E-state index in [1.54, 1.807) is 6.07 Å². The zero-order valence-corrected chi connectivity index (χ0v) is 13.3. The van der Waals surface area contributed by atoms with Crippen molar-refractivity contribution in [3.05, 3.63) is 35.6 Å². The first-order chi connectivity index (χ1) is 10.7. The number of nitrogens with zero attached hydrogens (tertiary/aromatic N) is 1. The van der Waals surface area contributed by atoms with Gasteiger partial charge in [-0.2, -0.15) is 0 Å². The Bertz CT molecular complexity index is 510. The summed E-state index contributed by atoms with van der Waals surface area (Å²) in [4.78, 5) is 14.6. The van der Waals surface area contributed by atoms with E-state index in [0.717, 1.165) is 50.8 Å². The van der Waals surface area contributed by atoms with Crippen LogP contribution >= 0.6 is 0 Å². The normalized spacial score (nSPS) is 23.0. The molecule has 0 bridgehead atoms. The van der Waals surface area contributed by atoms with Gasteiger partial charge in [-0.1, -0.05) is 31.0 Å². The molecule has 1 aliphatic carbocycles.